The molecule has 0 aromatic rings. The smallest absolute Gasteiger partial charge is 0.189 e. The molecule has 1 aliphatic heterocycles. The molecule has 0 bridgehead atoms. The van der Waals surface area contributed by atoms with Gasteiger partial charge in [0.25, 0.3) is 0 Å². The molecule has 2 nitrogen and oxygen atoms in total. The SMILES string of the molecule is C=C1NC(CCCCCCCCCCCCCC)=CO1. The summed E-state index contributed by atoms with van der Waals surface area (Å²) in [6.07, 6.45) is 19.7. The maximum Gasteiger partial charge on any atom is 0.189 e. The maximum absolute atomic E-state index is 5.16. The van der Waals surface area contributed by atoms with Gasteiger partial charge in [0, 0.05) is 0 Å². The monoisotopic (exact) mass is 279 g/mol. The predicted molar refractivity (Wildman–Crippen MR) is 87.1 cm³/mol. The highest BCUT2D eigenvalue weighted by atomic mass is 16.5. The van der Waals surface area contributed by atoms with Gasteiger partial charge in [-0.2, -0.15) is 0 Å². The van der Waals surface area contributed by atoms with Crippen molar-refractivity contribution in [1.82, 2.24) is 5.32 Å². The zero-order valence-corrected chi connectivity index (χ0v) is 13.4. The lowest BCUT2D eigenvalue weighted by Gasteiger charge is -2.03. The Kier molecular flexibility index (Phi) is 10.2. The van der Waals surface area contributed by atoms with E-state index in [1.54, 1.807) is 6.26 Å². The van der Waals surface area contributed by atoms with Gasteiger partial charge in [-0.3, -0.25) is 0 Å². The molecule has 1 heterocycles. The van der Waals surface area contributed by atoms with E-state index in [1.165, 1.54) is 82.7 Å². The largest absolute Gasteiger partial charge is 0.448 e. The molecule has 0 amide bonds. The second-order valence-corrected chi connectivity index (χ2v) is 5.95. The van der Waals surface area contributed by atoms with Gasteiger partial charge in [-0.1, -0.05) is 77.6 Å². The van der Waals surface area contributed by atoms with E-state index >= 15 is 0 Å². The number of hydrogen-bond acceptors (Lipinski definition) is 2. The van der Waals surface area contributed by atoms with E-state index in [0.717, 1.165) is 6.42 Å². The first kappa shape index (κ1) is 17.1. The number of hydrogen-bond donors (Lipinski definition) is 1. The van der Waals surface area contributed by atoms with Gasteiger partial charge < -0.3 is 10.1 Å². The molecule has 0 saturated carbocycles. The first-order valence-corrected chi connectivity index (χ1v) is 8.64. The molecule has 0 radical (unpaired) electrons. The normalized spacial score (nSPS) is 14.1. The fourth-order valence-corrected chi connectivity index (χ4v) is 2.66. The minimum atomic E-state index is 0.666. The van der Waals surface area contributed by atoms with Gasteiger partial charge in [0.15, 0.2) is 5.88 Å². The average Bonchev–Trinajstić information content (AvgIpc) is 2.86. The molecule has 1 aliphatic rings. The summed E-state index contributed by atoms with van der Waals surface area (Å²) in [6, 6.07) is 0. The van der Waals surface area contributed by atoms with Crippen molar-refractivity contribution in [3.05, 3.63) is 24.4 Å². The van der Waals surface area contributed by atoms with E-state index in [1.807, 2.05) is 0 Å². The van der Waals surface area contributed by atoms with Crippen LogP contribution in [0.3, 0.4) is 0 Å². The molecule has 0 aromatic heterocycles. The number of rotatable bonds is 13. The van der Waals surface area contributed by atoms with Gasteiger partial charge in [-0.25, -0.2) is 0 Å². The molecule has 0 fully saturated rings. The molecular formula is C18H33NO. The summed E-state index contributed by atoms with van der Waals surface area (Å²) in [6.45, 7) is 6.01. The average molecular weight is 279 g/mol. The van der Waals surface area contributed by atoms with Crippen molar-refractivity contribution in [2.24, 2.45) is 0 Å². The second-order valence-electron chi connectivity index (χ2n) is 5.95. The molecule has 0 unspecified atom stereocenters. The van der Waals surface area contributed by atoms with Crippen LogP contribution in [0.4, 0.5) is 0 Å². The summed E-state index contributed by atoms with van der Waals surface area (Å²) >= 11 is 0. The Morgan fingerprint density at radius 1 is 0.850 bits per heavy atom. The van der Waals surface area contributed by atoms with Crippen LogP contribution in [0.5, 0.6) is 0 Å². The van der Waals surface area contributed by atoms with Gasteiger partial charge in [0.05, 0.1) is 5.70 Å². The van der Waals surface area contributed by atoms with E-state index in [9.17, 15) is 0 Å². The Balaban J connectivity index is 1.73. The standard InChI is InChI=1S/C18H33NO/c1-3-4-5-6-7-8-9-10-11-12-13-14-15-18-16-20-17(2)19-18/h16,19H,2-15H2,1H3. The van der Waals surface area contributed by atoms with E-state index < -0.39 is 0 Å². The van der Waals surface area contributed by atoms with Crippen LogP contribution in [0.2, 0.25) is 0 Å². The molecule has 0 spiro atoms. The van der Waals surface area contributed by atoms with Gasteiger partial charge in [-0.05, 0) is 19.4 Å². The maximum atomic E-state index is 5.16. The molecule has 1 rings (SSSR count). The summed E-state index contributed by atoms with van der Waals surface area (Å²) in [5, 5.41) is 3.14. The van der Waals surface area contributed by atoms with E-state index in [-0.39, 0.29) is 0 Å². The number of unbranched alkanes of at least 4 members (excludes halogenated alkanes) is 11. The minimum absolute atomic E-state index is 0.666. The third-order valence-corrected chi connectivity index (χ3v) is 3.94. The van der Waals surface area contributed by atoms with Gasteiger partial charge >= 0.3 is 0 Å². The summed E-state index contributed by atoms with van der Waals surface area (Å²) in [7, 11) is 0. The van der Waals surface area contributed by atoms with Crippen molar-refractivity contribution in [2.45, 2.75) is 90.4 Å². The van der Waals surface area contributed by atoms with Crippen LogP contribution in [-0.4, -0.2) is 0 Å². The van der Waals surface area contributed by atoms with Crippen LogP contribution in [0.1, 0.15) is 90.4 Å². The number of ether oxygens (including phenoxy) is 1. The van der Waals surface area contributed by atoms with Crippen LogP contribution in [0.25, 0.3) is 0 Å². The highest BCUT2D eigenvalue weighted by Crippen LogP contribution is 2.16. The van der Waals surface area contributed by atoms with Crippen molar-refractivity contribution >= 4 is 0 Å². The molecular weight excluding hydrogens is 246 g/mol. The lowest BCUT2D eigenvalue weighted by Crippen LogP contribution is -2.04. The summed E-state index contributed by atoms with van der Waals surface area (Å²) in [4.78, 5) is 0. The molecule has 1 N–H and O–H groups in total. The topological polar surface area (TPSA) is 21.3 Å². The van der Waals surface area contributed by atoms with Gasteiger partial charge in [-0.15, -0.1) is 0 Å². The van der Waals surface area contributed by atoms with Crippen LogP contribution in [0.15, 0.2) is 24.4 Å². The van der Waals surface area contributed by atoms with Gasteiger partial charge in [0.1, 0.15) is 6.26 Å². The molecule has 0 aromatic carbocycles. The van der Waals surface area contributed by atoms with Crippen LogP contribution >= 0.6 is 0 Å². The fraction of sp³-hybridized carbons (Fsp3) is 0.778. The van der Waals surface area contributed by atoms with Crippen molar-refractivity contribution in [2.75, 3.05) is 0 Å². The molecule has 0 saturated heterocycles. The Hall–Kier alpha value is -0.920. The van der Waals surface area contributed by atoms with Crippen molar-refractivity contribution < 1.29 is 4.74 Å². The van der Waals surface area contributed by atoms with E-state index in [0.29, 0.717) is 5.88 Å². The van der Waals surface area contributed by atoms with Crippen molar-refractivity contribution in [3.63, 3.8) is 0 Å². The molecule has 2 heteroatoms. The molecule has 20 heavy (non-hydrogen) atoms. The Bertz CT molecular complexity index is 283. The summed E-state index contributed by atoms with van der Waals surface area (Å²) < 4.78 is 5.16. The minimum Gasteiger partial charge on any atom is -0.448 e. The lowest BCUT2D eigenvalue weighted by atomic mass is 10.0. The van der Waals surface area contributed by atoms with Gasteiger partial charge in [0.2, 0.25) is 0 Å². The molecule has 0 atom stereocenters. The lowest BCUT2D eigenvalue weighted by molar-refractivity contribution is 0.359. The van der Waals surface area contributed by atoms with Crippen LogP contribution in [-0.2, 0) is 4.74 Å². The Morgan fingerprint density at radius 3 is 1.80 bits per heavy atom. The first-order valence-electron chi connectivity index (χ1n) is 8.64. The highest BCUT2D eigenvalue weighted by Gasteiger charge is 2.06. The zero-order chi connectivity index (χ0) is 14.5. The third kappa shape index (κ3) is 9.06. The predicted octanol–water partition coefficient (Wildman–Crippen LogP) is 6.01. The van der Waals surface area contributed by atoms with Crippen LogP contribution in [0, 0.1) is 0 Å². The van der Waals surface area contributed by atoms with E-state index in [2.05, 4.69) is 18.8 Å². The molecule has 0 aliphatic carbocycles. The Morgan fingerprint density at radius 2 is 1.35 bits per heavy atom. The third-order valence-electron chi connectivity index (χ3n) is 3.94. The van der Waals surface area contributed by atoms with E-state index in [4.69, 9.17) is 4.74 Å². The molecule has 116 valence electrons. The zero-order valence-electron chi connectivity index (χ0n) is 13.4. The quantitative estimate of drug-likeness (QED) is 0.417. The number of nitrogens with one attached hydrogen (secondary N) is 1. The summed E-state index contributed by atoms with van der Waals surface area (Å²) in [5.41, 5.74) is 1.18. The van der Waals surface area contributed by atoms with Crippen LogP contribution < -0.4 is 5.32 Å². The first-order chi connectivity index (χ1) is 9.83. The Labute approximate surface area is 125 Å². The second kappa shape index (κ2) is 11.9. The highest BCUT2D eigenvalue weighted by molar-refractivity contribution is 5.09. The van der Waals surface area contributed by atoms with Crippen molar-refractivity contribution in [1.29, 1.82) is 0 Å². The number of allylic oxidation sites excluding steroid dienone is 1. The summed E-state index contributed by atoms with van der Waals surface area (Å²) in [5.74, 6) is 0.666. The fourth-order valence-electron chi connectivity index (χ4n) is 2.66. The van der Waals surface area contributed by atoms with Crippen molar-refractivity contribution in [3.8, 4) is 0 Å².